The molecule has 2 aromatic carbocycles. The second-order valence-electron chi connectivity index (χ2n) is 6.29. The SMILES string of the molecule is NC(c1cccc(C2CCC2)c1)C1Cc2ccccc2O1. The molecule has 0 amide bonds. The van der Waals surface area contributed by atoms with Crippen LogP contribution in [0.1, 0.15) is 47.9 Å². The minimum atomic E-state index is -0.0579. The van der Waals surface area contributed by atoms with Crippen molar-refractivity contribution in [2.45, 2.75) is 43.7 Å². The Labute approximate surface area is 125 Å². The van der Waals surface area contributed by atoms with Crippen LogP contribution >= 0.6 is 0 Å². The second-order valence-corrected chi connectivity index (χ2v) is 6.29. The van der Waals surface area contributed by atoms with Crippen LogP contribution < -0.4 is 10.5 Å². The molecule has 4 rings (SSSR count). The smallest absolute Gasteiger partial charge is 0.123 e. The van der Waals surface area contributed by atoms with Gasteiger partial charge in [-0.05, 0) is 41.5 Å². The molecular weight excluding hydrogens is 258 g/mol. The number of para-hydroxylation sites is 1. The fourth-order valence-corrected chi connectivity index (χ4v) is 3.39. The van der Waals surface area contributed by atoms with Crippen molar-refractivity contribution in [1.29, 1.82) is 0 Å². The molecule has 2 heteroatoms. The van der Waals surface area contributed by atoms with Crippen molar-refractivity contribution in [2.75, 3.05) is 0 Å². The standard InChI is InChI=1S/C19H21NO/c20-19(18-12-15-5-1-2-10-17(15)21-18)16-9-4-8-14(11-16)13-6-3-7-13/h1-2,4-5,8-11,13,18-19H,3,6-7,12,20H2. The number of rotatable bonds is 3. The predicted octanol–water partition coefficient (Wildman–Crippen LogP) is 3.96. The molecule has 0 spiro atoms. The monoisotopic (exact) mass is 279 g/mol. The van der Waals surface area contributed by atoms with Crippen LogP contribution in [0.2, 0.25) is 0 Å². The van der Waals surface area contributed by atoms with Gasteiger partial charge in [0.25, 0.3) is 0 Å². The van der Waals surface area contributed by atoms with Gasteiger partial charge in [-0.3, -0.25) is 0 Å². The van der Waals surface area contributed by atoms with E-state index in [1.807, 2.05) is 12.1 Å². The van der Waals surface area contributed by atoms with Crippen LogP contribution in [-0.2, 0) is 6.42 Å². The highest BCUT2D eigenvalue weighted by Gasteiger charge is 2.29. The number of hydrogen-bond acceptors (Lipinski definition) is 2. The largest absolute Gasteiger partial charge is 0.488 e. The molecule has 2 atom stereocenters. The Morgan fingerprint density at radius 3 is 2.67 bits per heavy atom. The summed E-state index contributed by atoms with van der Waals surface area (Å²) in [6, 6.07) is 17.0. The van der Waals surface area contributed by atoms with Gasteiger partial charge in [0.05, 0.1) is 6.04 Å². The van der Waals surface area contributed by atoms with E-state index in [-0.39, 0.29) is 12.1 Å². The van der Waals surface area contributed by atoms with Gasteiger partial charge in [0, 0.05) is 6.42 Å². The molecule has 2 aromatic rings. The number of ether oxygens (including phenoxy) is 1. The Bertz CT molecular complexity index is 623. The summed E-state index contributed by atoms with van der Waals surface area (Å²) in [5.74, 6) is 1.74. The maximum Gasteiger partial charge on any atom is 0.123 e. The average molecular weight is 279 g/mol. The van der Waals surface area contributed by atoms with Crippen LogP contribution in [0.3, 0.4) is 0 Å². The lowest BCUT2D eigenvalue weighted by molar-refractivity contribution is 0.199. The summed E-state index contributed by atoms with van der Waals surface area (Å²) >= 11 is 0. The second kappa shape index (κ2) is 5.19. The Morgan fingerprint density at radius 1 is 1.05 bits per heavy atom. The van der Waals surface area contributed by atoms with Crippen molar-refractivity contribution in [2.24, 2.45) is 5.73 Å². The van der Waals surface area contributed by atoms with Crippen molar-refractivity contribution in [3.8, 4) is 5.75 Å². The minimum absolute atomic E-state index is 0.0547. The molecule has 1 heterocycles. The fraction of sp³-hybridized carbons (Fsp3) is 0.368. The normalized spacial score (nSPS) is 22.2. The van der Waals surface area contributed by atoms with Crippen LogP contribution in [0.5, 0.6) is 5.75 Å². The summed E-state index contributed by atoms with van der Waals surface area (Å²) in [4.78, 5) is 0. The van der Waals surface area contributed by atoms with E-state index in [2.05, 4.69) is 36.4 Å². The van der Waals surface area contributed by atoms with E-state index in [0.29, 0.717) is 0 Å². The molecule has 2 aliphatic rings. The van der Waals surface area contributed by atoms with Crippen LogP contribution in [0, 0.1) is 0 Å². The molecule has 2 unspecified atom stereocenters. The van der Waals surface area contributed by atoms with Crippen molar-refractivity contribution >= 4 is 0 Å². The van der Waals surface area contributed by atoms with Gasteiger partial charge in [0.1, 0.15) is 11.9 Å². The summed E-state index contributed by atoms with van der Waals surface area (Å²) in [5, 5.41) is 0. The van der Waals surface area contributed by atoms with E-state index in [4.69, 9.17) is 10.5 Å². The van der Waals surface area contributed by atoms with Crippen molar-refractivity contribution < 1.29 is 4.74 Å². The first-order chi connectivity index (χ1) is 10.3. The van der Waals surface area contributed by atoms with Gasteiger partial charge in [-0.2, -0.15) is 0 Å². The third-order valence-electron chi connectivity index (χ3n) is 4.94. The Kier molecular flexibility index (Phi) is 3.19. The first-order valence-corrected chi connectivity index (χ1v) is 7.91. The molecule has 1 aliphatic heterocycles. The predicted molar refractivity (Wildman–Crippen MR) is 84.5 cm³/mol. The molecule has 1 saturated carbocycles. The van der Waals surface area contributed by atoms with Crippen molar-refractivity contribution in [3.63, 3.8) is 0 Å². The molecular formula is C19H21NO. The molecule has 0 bridgehead atoms. The maximum absolute atomic E-state index is 6.48. The molecule has 21 heavy (non-hydrogen) atoms. The highest BCUT2D eigenvalue weighted by molar-refractivity contribution is 5.39. The van der Waals surface area contributed by atoms with Crippen LogP contribution in [0.15, 0.2) is 48.5 Å². The molecule has 1 aliphatic carbocycles. The lowest BCUT2D eigenvalue weighted by Crippen LogP contribution is -2.30. The van der Waals surface area contributed by atoms with E-state index in [1.54, 1.807) is 0 Å². The first-order valence-electron chi connectivity index (χ1n) is 7.91. The third kappa shape index (κ3) is 2.34. The molecule has 108 valence electrons. The Hall–Kier alpha value is -1.80. The van der Waals surface area contributed by atoms with E-state index in [9.17, 15) is 0 Å². The van der Waals surface area contributed by atoms with Gasteiger partial charge in [0.15, 0.2) is 0 Å². The van der Waals surface area contributed by atoms with Crippen LogP contribution in [0.25, 0.3) is 0 Å². The summed E-state index contributed by atoms with van der Waals surface area (Å²) in [7, 11) is 0. The lowest BCUT2D eigenvalue weighted by atomic mass is 9.79. The zero-order valence-electron chi connectivity index (χ0n) is 12.2. The lowest BCUT2D eigenvalue weighted by Gasteiger charge is -2.27. The number of benzene rings is 2. The molecule has 0 saturated heterocycles. The quantitative estimate of drug-likeness (QED) is 0.923. The Morgan fingerprint density at radius 2 is 1.90 bits per heavy atom. The molecule has 0 radical (unpaired) electrons. The van der Waals surface area contributed by atoms with E-state index in [0.717, 1.165) is 18.1 Å². The topological polar surface area (TPSA) is 35.2 Å². The van der Waals surface area contributed by atoms with Crippen LogP contribution in [-0.4, -0.2) is 6.10 Å². The number of hydrogen-bond donors (Lipinski definition) is 1. The zero-order chi connectivity index (χ0) is 14.2. The van der Waals surface area contributed by atoms with E-state index >= 15 is 0 Å². The van der Waals surface area contributed by atoms with E-state index < -0.39 is 0 Å². The van der Waals surface area contributed by atoms with Gasteiger partial charge >= 0.3 is 0 Å². The molecule has 2 N–H and O–H groups in total. The van der Waals surface area contributed by atoms with Gasteiger partial charge in [-0.25, -0.2) is 0 Å². The Balaban J connectivity index is 1.54. The minimum Gasteiger partial charge on any atom is -0.488 e. The van der Waals surface area contributed by atoms with Crippen LogP contribution in [0.4, 0.5) is 0 Å². The number of nitrogens with two attached hydrogens (primary N) is 1. The fourth-order valence-electron chi connectivity index (χ4n) is 3.39. The van der Waals surface area contributed by atoms with Gasteiger partial charge in [-0.1, -0.05) is 48.9 Å². The van der Waals surface area contributed by atoms with Gasteiger partial charge in [0.2, 0.25) is 0 Å². The zero-order valence-corrected chi connectivity index (χ0v) is 12.2. The summed E-state index contributed by atoms with van der Waals surface area (Å²) < 4.78 is 6.04. The van der Waals surface area contributed by atoms with Crippen molar-refractivity contribution in [3.05, 3.63) is 65.2 Å². The summed E-state index contributed by atoms with van der Waals surface area (Å²) in [6.07, 6.45) is 4.97. The van der Waals surface area contributed by atoms with Crippen molar-refractivity contribution in [1.82, 2.24) is 0 Å². The summed E-state index contributed by atoms with van der Waals surface area (Å²) in [6.45, 7) is 0. The molecule has 1 fully saturated rings. The molecule has 0 aromatic heterocycles. The third-order valence-corrected chi connectivity index (χ3v) is 4.94. The number of fused-ring (bicyclic) bond motifs is 1. The first kappa shape index (κ1) is 12.9. The van der Waals surface area contributed by atoms with Gasteiger partial charge in [-0.15, -0.1) is 0 Å². The van der Waals surface area contributed by atoms with E-state index in [1.165, 1.54) is 36.0 Å². The van der Waals surface area contributed by atoms with Gasteiger partial charge < -0.3 is 10.5 Å². The average Bonchev–Trinajstić information content (AvgIpc) is 2.89. The molecule has 2 nitrogen and oxygen atoms in total. The maximum atomic E-state index is 6.48. The highest BCUT2D eigenvalue weighted by atomic mass is 16.5. The summed E-state index contributed by atoms with van der Waals surface area (Å²) in [5.41, 5.74) is 10.4. The highest BCUT2D eigenvalue weighted by Crippen LogP contribution is 2.38.